The fourth-order valence-electron chi connectivity index (χ4n) is 2.45. The van der Waals surface area contributed by atoms with E-state index in [9.17, 15) is 13.6 Å². The highest BCUT2D eigenvalue weighted by Gasteiger charge is 2.13. The number of halogens is 2. The van der Waals surface area contributed by atoms with Gasteiger partial charge in [-0.05, 0) is 31.5 Å². The number of hydrogen-bond donors (Lipinski definition) is 2. The molecule has 1 aromatic heterocycles. The molecule has 0 aliphatic heterocycles. The Morgan fingerprint density at radius 3 is 2.44 bits per heavy atom. The molecule has 138 valence electrons. The highest BCUT2D eigenvalue weighted by molar-refractivity contribution is 6.03. The molecule has 0 unspecified atom stereocenters. The highest BCUT2D eigenvalue weighted by atomic mass is 19.1. The SMILES string of the molecule is Cc1ccc(CNc2cc(C(=O)Nc3ccc(F)cc3F)nc(C)n2)cc1. The number of anilines is 2. The van der Waals surface area contributed by atoms with E-state index in [1.54, 1.807) is 6.92 Å². The third kappa shape index (κ3) is 4.84. The molecule has 3 rings (SSSR count). The molecule has 0 saturated heterocycles. The van der Waals surface area contributed by atoms with Gasteiger partial charge in [0, 0.05) is 18.7 Å². The molecule has 7 heteroatoms. The monoisotopic (exact) mass is 368 g/mol. The smallest absolute Gasteiger partial charge is 0.274 e. The molecule has 5 nitrogen and oxygen atoms in total. The fourth-order valence-corrected chi connectivity index (χ4v) is 2.45. The van der Waals surface area contributed by atoms with Gasteiger partial charge in [0.1, 0.15) is 29.0 Å². The molecule has 0 aliphatic carbocycles. The number of benzene rings is 2. The average Bonchev–Trinajstić information content (AvgIpc) is 2.63. The van der Waals surface area contributed by atoms with E-state index in [0.717, 1.165) is 17.7 Å². The second kappa shape index (κ2) is 7.90. The second-order valence-electron chi connectivity index (χ2n) is 6.10. The number of nitrogens with zero attached hydrogens (tertiary/aromatic N) is 2. The van der Waals surface area contributed by atoms with Crippen LogP contribution in [0, 0.1) is 25.5 Å². The molecular weight excluding hydrogens is 350 g/mol. The van der Waals surface area contributed by atoms with Gasteiger partial charge in [0.05, 0.1) is 5.69 Å². The van der Waals surface area contributed by atoms with Crippen molar-refractivity contribution in [3.8, 4) is 0 Å². The van der Waals surface area contributed by atoms with Gasteiger partial charge in [-0.2, -0.15) is 0 Å². The van der Waals surface area contributed by atoms with Gasteiger partial charge in [-0.25, -0.2) is 18.7 Å². The zero-order chi connectivity index (χ0) is 19.4. The first-order valence-corrected chi connectivity index (χ1v) is 8.32. The van der Waals surface area contributed by atoms with Crippen LogP contribution in [0.25, 0.3) is 0 Å². The summed E-state index contributed by atoms with van der Waals surface area (Å²) in [5.74, 6) is -1.30. The maximum atomic E-state index is 13.7. The van der Waals surface area contributed by atoms with Gasteiger partial charge in [0.25, 0.3) is 5.91 Å². The fraction of sp³-hybridized carbons (Fsp3) is 0.150. The summed E-state index contributed by atoms with van der Waals surface area (Å²) in [6.07, 6.45) is 0. The second-order valence-corrected chi connectivity index (χ2v) is 6.10. The lowest BCUT2D eigenvalue weighted by molar-refractivity contribution is 0.102. The third-order valence-corrected chi connectivity index (χ3v) is 3.84. The van der Waals surface area contributed by atoms with E-state index in [4.69, 9.17) is 0 Å². The Morgan fingerprint density at radius 1 is 1.00 bits per heavy atom. The molecule has 0 spiro atoms. The third-order valence-electron chi connectivity index (χ3n) is 3.84. The van der Waals surface area contributed by atoms with Crippen LogP contribution < -0.4 is 10.6 Å². The lowest BCUT2D eigenvalue weighted by Crippen LogP contribution is -2.16. The van der Waals surface area contributed by atoms with E-state index in [2.05, 4.69) is 20.6 Å². The first-order valence-electron chi connectivity index (χ1n) is 8.32. The Hall–Kier alpha value is -3.35. The topological polar surface area (TPSA) is 66.9 Å². The van der Waals surface area contributed by atoms with Crippen LogP contribution in [0.2, 0.25) is 0 Å². The normalized spacial score (nSPS) is 10.5. The molecule has 0 bridgehead atoms. The maximum Gasteiger partial charge on any atom is 0.274 e. The zero-order valence-electron chi connectivity index (χ0n) is 14.9. The van der Waals surface area contributed by atoms with Crippen molar-refractivity contribution in [2.24, 2.45) is 0 Å². The average molecular weight is 368 g/mol. The molecule has 27 heavy (non-hydrogen) atoms. The number of aryl methyl sites for hydroxylation is 2. The number of rotatable bonds is 5. The molecule has 0 aliphatic rings. The molecule has 0 fully saturated rings. The summed E-state index contributed by atoms with van der Waals surface area (Å²) in [6.45, 7) is 4.20. The maximum absolute atomic E-state index is 13.7. The molecule has 1 heterocycles. The molecule has 2 N–H and O–H groups in total. The summed E-state index contributed by atoms with van der Waals surface area (Å²) in [7, 11) is 0. The van der Waals surface area contributed by atoms with Crippen LogP contribution in [0.4, 0.5) is 20.3 Å². The number of aromatic nitrogens is 2. The first kappa shape index (κ1) is 18.4. The summed E-state index contributed by atoms with van der Waals surface area (Å²) in [5, 5.41) is 5.53. The highest BCUT2D eigenvalue weighted by Crippen LogP contribution is 2.17. The van der Waals surface area contributed by atoms with Crippen LogP contribution in [0.15, 0.2) is 48.5 Å². The van der Waals surface area contributed by atoms with E-state index in [1.165, 1.54) is 11.6 Å². The van der Waals surface area contributed by atoms with Crippen molar-refractivity contribution in [1.29, 1.82) is 0 Å². The quantitative estimate of drug-likeness (QED) is 0.707. The van der Waals surface area contributed by atoms with Gasteiger partial charge in [-0.15, -0.1) is 0 Å². The lowest BCUT2D eigenvalue weighted by Gasteiger charge is -2.10. The van der Waals surface area contributed by atoms with Crippen molar-refractivity contribution in [2.45, 2.75) is 20.4 Å². The Balaban J connectivity index is 1.73. The van der Waals surface area contributed by atoms with Gasteiger partial charge in [-0.3, -0.25) is 4.79 Å². The van der Waals surface area contributed by atoms with Gasteiger partial charge in [0.15, 0.2) is 0 Å². The van der Waals surface area contributed by atoms with Crippen LogP contribution in [-0.2, 0) is 6.54 Å². The van der Waals surface area contributed by atoms with E-state index >= 15 is 0 Å². The predicted molar refractivity (Wildman–Crippen MR) is 99.6 cm³/mol. The van der Waals surface area contributed by atoms with Crippen LogP contribution >= 0.6 is 0 Å². The molecule has 0 radical (unpaired) electrons. The van der Waals surface area contributed by atoms with Crippen LogP contribution in [0.1, 0.15) is 27.4 Å². The summed E-state index contributed by atoms with van der Waals surface area (Å²) < 4.78 is 26.7. The van der Waals surface area contributed by atoms with Crippen molar-refractivity contribution in [3.05, 3.63) is 82.8 Å². The first-order chi connectivity index (χ1) is 12.9. The minimum Gasteiger partial charge on any atom is -0.366 e. The van der Waals surface area contributed by atoms with Crippen molar-refractivity contribution in [2.75, 3.05) is 10.6 Å². The molecule has 0 saturated carbocycles. The summed E-state index contributed by atoms with van der Waals surface area (Å²) in [5.41, 5.74) is 2.20. The Labute approximate surface area is 155 Å². The van der Waals surface area contributed by atoms with E-state index in [0.29, 0.717) is 24.3 Å². The number of amides is 1. The molecule has 2 aromatic carbocycles. The molecule has 1 amide bonds. The van der Waals surface area contributed by atoms with Gasteiger partial charge in [-0.1, -0.05) is 29.8 Å². The summed E-state index contributed by atoms with van der Waals surface area (Å²) in [4.78, 5) is 20.7. The van der Waals surface area contributed by atoms with Crippen LogP contribution in [-0.4, -0.2) is 15.9 Å². The van der Waals surface area contributed by atoms with Gasteiger partial charge < -0.3 is 10.6 Å². The van der Waals surface area contributed by atoms with Crippen molar-refractivity contribution in [1.82, 2.24) is 9.97 Å². The Kier molecular flexibility index (Phi) is 5.40. The predicted octanol–water partition coefficient (Wildman–Crippen LogP) is 4.24. The van der Waals surface area contributed by atoms with E-state index in [-0.39, 0.29) is 11.4 Å². The number of hydrogen-bond acceptors (Lipinski definition) is 4. The number of carbonyl (C=O) groups excluding carboxylic acids is 1. The van der Waals surface area contributed by atoms with Crippen LogP contribution in [0.5, 0.6) is 0 Å². The van der Waals surface area contributed by atoms with Crippen molar-refractivity contribution >= 4 is 17.4 Å². The van der Waals surface area contributed by atoms with Gasteiger partial charge in [0.2, 0.25) is 0 Å². The summed E-state index contributed by atoms with van der Waals surface area (Å²) in [6, 6.07) is 12.4. The minimum absolute atomic E-state index is 0.0811. The van der Waals surface area contributed by atoms with Crippen molar-refractivity contribution in [3.63, 3.8) is 0 Å². The van der Waals surface area contributed by atoms with E-state index in [1.807, 2.05) is 31.2 Å². The van der Waals surface area contributed by atoms with E-state index < -0.39 is 17.5 Å². The van der Waals surface area contributed by atoms with Gasteiger partial charge >= 0.3 is 0 Å². The zero-order valence-corrected chi connectivity index (χ0v) is 14.9. The molecule has 3 aromatic rings. The lowest BCUT2D eigenvalue weighted by atomic mass is 10.1. The Bertz CT molecular complexity index is 974. The minimum atomic E-state index is -0.855. The molecule has 0 atom stereocenters. The summed E-state index contributed by atoms with van der Waals surface area (Å²) >= 11 is 0. The number of nitrogens with one attached hydrogen (secondary N) is 2. The van der Waals surface area contributed by atoms with Crippen molar-refractivity contribution < 1.29 is 13.6 Å². The standard InChI is InChI=1S/C20H18F2N4O/c1-12-3-5-14(6-4-12)11-23-19-10-18(24-13(2)25-19)20(27)26-17-8-7-15(21)9-16(17)22/h3-10H,11H2,1-2H3,(H,26,27)(H,23,24,25). The largest absolute Gasteiger partial charge is 0.366 e. The van der Waals surface area contributed by atoms with Crippen LogP contribution in [0.3, 0.4) is 0 Å². The molecular formula is C20H18F2N4O. The number of carbonyl (C=O) groups is 1. The Morgan fingerprint density at radius 2 is 1.74 bits per heavy atom.